The van der Waals surface area contributed by atoms with Crippen LogP contribution in [0.1, 0.15) is 12.8 Å². The maximum absolute atomic E-state index is 12.2. The van der Waals surface area contributed by atoms with Crippen LogP contribution in [0.2, 0.25) is 0 Å². The molecule has 2 aliphatic heterocycles. The fraction of sp³-hybridized carbons (Fsp3) is 1.00. The van der Waals surface area contributed by atoms with E-state index in [0.29, 0.717) is 38.7 Å². The van der Waals surface area contributed by atoms with E-state index in [1.807, 2.05) is 7.05 Å². The Morgan fingerprint density at radius 2 is 2.00 bits per heavy atom. The predicted octanol–water partition coefficient (Wildman–Crippen LogP) is -1.18. The predicted molar refractivity (Wildman–Crippen MR) is 77.5 cm³/mol. The summed E-state index contributed by atoms with van der Waals surface area (Å²) >= 11 is 0. The molecule has 2 saturated heterocycles. The van der Waals surface area contributed by atoms with E-state index in [1.54, 1.807) is 0 Å². The first-order valence-corrected chi connectivity index (χ1v) is 8.70. The maximum atomic E-state index is 12.2. The molecule has 2 heterocycles. The van der Waals surface area contributed by atoms with Gasteiger partial charge in [0.1, 0.15) is 0 Å². The number of hydrogen-bond donors (Lipinski definition) is 2. The van der Waals surface area contributed by atoms with Crippen molar-refractivity contribution in [2.45, 2.75) is 18.9 Å². The van der Waals surface area contributed by atoms with Gasteiger partial charge in [-0.15, -0.1) is 0 Å². The third-order valence-electron chi connectivity index (χ3n) is 4.08. The molecule has 0 spiro atoms. The first-order valence-electron chi connectivity index (χ1n) is 7.26. The highest BCUT2D eigenvalue weighted by Crippen LogP contribution is 2.17. The van der Waals surface area contributed by atoms with Crippen LogP contribution < -0.4 is 10.5 Å². The second-order valence-corrected chi connectivity index (χ2v) is 7.44. The third-order valence-corrected chi connectivity index (χ3v) is 5.66. The van der Waals surface area contributed by atoms with Gasteiger partial charge in [-0.2, -0.15) is 17.4 Å². The number of rotatable bonds is 5. The third kappa shape index (κ3) is 4.37. The van der Waals surface area contributed by atoms with Crippen molar-refractivity contribution in [3.63, 3.8) is 0 Å². The fourth-order valence-electron chi connectivity index (χ4n) is 2.67. The highest BCUT2D eigenvalue weighted by atomic mass is 32.2. The van der Waals surface area contributed by atoms with E-state index in [0.717, 1.165) is 25.9 Å². The molecule has 2 fully saturated rings. The Hall–Kier alpha value is -0.250. The molecule has 1 atom stereocenters. The zero-order chi connectivity index (χ0) is 14.6. The summed E-state index contributed by atoms with van der Waals surface area (Å²) < 4.78 is 34.2. The van der Waals surface area contributed by atoms with Gasteiger partial charge in [-0.25, -0.2) is 0 Å². The van der Waals surface area contributed by atoms with Crippen molar-refractivity contribution in [3.8, 4) is 0 Å². The Morgan fingerprint density at radius 3 is 2.60 bits per heavy atom. The smallest absolute Gasteiger partial charge is 0.279 e. The summed E-state index contributed by atoms with van der Waals surface area (Å²) in [4.78, 5) is 2.15. The molecule has 1 unspecified atom stereocenters. The Kier molecular flexibility index (Phi) is 5.76. The lowest BCUT2D eigenvalue weighted by Crippen LogP contribution is -2.50. The van der Waals surface area contributed by atoms with Crippen LogP contribution in [0, 0.1) is 5.92 Å². The zero-order valence-corrected chi connectivity index (χ0v) is 12.9. The van der Waals surface area contributed by atoms with Crippen LogP contribution in [-0.4, -0.2) is 76.6 Å². The average molecular weight is 306 g/mol. The number of hydrogen-bond acceptors (Lipinski definition) is 5. The monoisotopic (exact) mass is 306 g/mol. The number of nitrogens with two attached hydrogens (primary N) is 1. The molecule has 0 aromatic heterocycles. The lowest BCUT2D eigenvalue weighted by molar-refractivity contribution is -0.0158. The van der Waals surface area contributed by atoms with Gasteiger partial charge in [-0.1, -0.05) is 0 Å². The molecule has 0 radical (unpaired) electrons. The Labute approximate surface area is 121 Å². The zero-order valence-electron chi connectivity index (χ0n) is 12.1. The maximum Gasteiger partial charge on any atom is 0.279 e. The van der Waals surface area contributed by atoms with Gasteiger partial charge in [-0.05, 0) is 32.4 Å². The van der Waals surface area contributed by atoms with Gasteiger partial charge in [0.25, 0.3) is 10.2 Å². The average Bonchev–Trinajstić information content (AvgIpc) is 2.45. The molecule has 20 heavy (non-hydrogen) atoms. The van der Waals surface area contributed by atoms with Gasteiger partial charge in [0.05, 0.1) is 12.7 Å². The van der Waals surface area contributed by atoms with E-state index in [9.17, 15) is 8.42 Å². The van der Waals surface area contributed by atoms with Gasteiger partial charge in [0.15, 0.2) is 0 Å². The van der Waals surface area contributed by atoms with Crippen LogP contribution >= 0.6 is 0 Å². The van der Waals surface area contributed by atoms with Crippen LogP contribution in [0.4, 0.5) is 0 Å². The van der Waals surface area contributed by atoms with Gasteiger partial charge in [0.2, 0.25) is 0 Å². The molecular formula is C12H26N4O3S. The van der Waals surface area contributed by atoms with Crippen LogP contribution in [-0.2, 0) is 14.9 Å². The molecule has 0 bridgehead atoms. The number of nitrogens with zero attached hydrogens (tertiary/aromatic N) is 2. The SMILES string of the molecule is CN1CCOC(CNS(=O)(=O)N2CCC(CN)CC2)C1. The number of piperidine rings is 1. The van der Waals surface area contributed by atoms with E-state index in [4.69, 9.17) is 10.5 Å². The lowest BCUT2D eigenvalue weighted by atomic mass is 9.99. The summed E-state index contributed by atoms with van der Waals surface area (Å²) in [5.74, 6) is 0.455. The first kappa shape index (κ1) is 16.1. The fourth-order valence-corrected chi connectivity index (χ4v) is 3.94. The highest BCUT2D eigenvalue weighted by Gasteiger charge is 2.28. The minimum atomic E-state index is -3.39. The standard InChI is InChI=1S/C12H26N4O3S/c1-15-6-7-19-12(10-15)9-14-20(17,18)16-4-2-11(8-13)3-5-16/h11-12,14H,2-10,13H2,1H3. The molecule has 0 aromatic rings. The number of morpholine rings is 1. The van der Waals surface area contributed by atoms with Crippen molar-refractivity contribution in [1.82, 2.24) is 13.9 Å². The van der Waals surface area contributed by atoms with E-state index in [-0.39, 0.29) is 6.10 Å². The van der Waals surface area contributed by atoms with Crippen LogP contribution in [0.15, 0.2) is 0 Å². The quantitative estimate of drug-likeness (QED) is 0.668. The molecule has 2 aliphatic rings. The van der Waals surface area contributed by atoms with Crippen molar-refractivity contribution in [2.75, 3.05) is 52.9 Å². The van der Waals surface area contributed by atoms with Crippen LogP contribution in [0.25, 0.3) is 0 Å². The normalized spacial score (nSPS) is 27.8. The Bertz CT molecular complexity index is 396. The molecule has 0 aliphatic carbocycles. The molecule has 3 N–H and O–H groups in total. The largest absolute Gasteiger partial charge is 0.374 e. The van der Waals surface area contributed by atoms with Crippen LogP contribution in [0.3, 0.4) is 0 Å². The summed E-state index contributed by atoms with van der Waals surface area (Å²) in [6, 6.07) is 0. The lowest BCUT2D eigenvalue weighted by Gasteiger charge is -2.33. The van der Waals surface area contributed by atoms with Crippen molar-refractivity contribution >= 4 is 10.2 Å². The number of ether oxygens (including phenoxy) is 1. The first-order chi connectivity index (χ1) is 9.51. The van der Waals surface area contributed by atoms with Crippen molar-refractivity contribution < 1.29 is 13.2 Å². The molecule has 2 rings (SSSR count). The summed E-state index contributed by atoms with van der Waals surface area (Å²) in [7, 11) is -1.37. The molecule has 0 aromatic carbocycles. The minimum Gasteiger partial charge on any atom is -0.374 e. The molecule has 0 saturated carbocycles. The minimum absolute atomic E-state index is 0.0647. The molecule has 8 heteroatoms. The summed E-state index contributed by atoms with van der Waals surface area (Å²) in [5.41, 5.74) is 5.62. The van der Waals surface area contributed by atoms with E-state index >= 15 is 0 Å². The van der Waals surface area contributed by atoms with E-state index < -0.39 is 10.2 Å². The van der Waals surface area contributed by atoms with Gasteiger partial charge >= 0.3 is 0 Å². The molecule has 7 nitrogen and oxygen atoms in total. The van der Waals surface area contributed by atoms with Crippen molar-refractivity contribution in [1.29, 1.82) is 0 Å². The topological polar surface area (TPSA) is 87.9 Å². The number of nitrogens with one attached hydrogen (secondary N) is 1. The van der Waals surface area contributed by atoms with Gasteiger partial charge < -0.3 is 15.4 Å². The van der Waals surface area contributed by atoms with E-state index in [2.05, 4.69) is 9.62 Å². The highest BCUT2D eigenvalue weighted by molar-refractivity contribution is 7.87. The second kappa shape index (κ2) is 7.15. The molecular weight excluding hydrogens is 280 g/mol. The van der Waals surface area contributed by atoms with Crippen LogP contribution in [0.5, 0.6) is 0 Å². The molecule has 0 amide bonds. The van der Waals surface area contributed by atoms with Crippen molar-refractivity contribution in [2.24, 2.45) is 11.7 Å². The molecule has 118 valence electrons. The van der Waals surface area contributed by atoms with Gasteiger partial charge in [-0.3, -0.25) is 0 Å². The van der Waals surface area contributed by atoms with E-state index in [1.165, 1.54) is 4.31 Å². The second-order valence-electron chi connectivity index (χ2n) is 5.69. The van der Waals surface area contributed by atoms with Gasteiger partial charge in [0, 0.05) is 32.7 Å². The number of likely N-dealkylation sites (N-methyl/N-ethyl adjacent to an activating group) is 1. The summed E-state index contributed by atoms with van der Waals surface area (Å²) in [5, 5.41) is 0. The van der Waals surface area contributed by atoms with Crippen molar-refractivity contribution in [3.05, 3.63) is 0 Å². The summed E-state index contributed by atoms with van der Waals surface area (Å²) in [6.45, 7) is 4.41. The Balaban J connectivity index is 1.79. The summed E-state index contributed by atoms with van der Waals surface area (Å²) in [6.07, 6.45) is 1.63. The Morgan fingerprint density at radius 1 is 1.30 bits per heavy atom.